The van der Waals surface area contributed by atoms with Crippen LogP contribution in [0.25, 0.3) is 11.3 Å². The lowest BCUT2D eigenvalue weighted by atomic mass is 9.91. The van der Waals surface area contributed by atoms with Crippen molar-refractivity contribution in [2.45, 2.75) is 31.3 Å². The number of carbonyl (C=O) groups excluding carboxylic acids is 2. The predicted octanol–water partition coefficient (Wildman–Crippen LogP) is 2.92. The number of hydrogen-bond acceptors (Lipinski definition) is 5. The van der Waals surface area contributed by atoms with Crippen molar-refractivity contribution >= 4 is 32.9 Å². The number of ether oxygens (including phenoxy) is 1. The Labute approximate surface area is 161 Å². The molecule has 28 heavy (non-hydrogen) atoms. The summed E-state index contributed by atoms with van der Waals surface area (Å²) < 4.78 is 42.7. The maximum absolute atomic E-state index is 13.9. The molecule has 1 aliphatic rings. The van der Waals surface area contributed by atoms with Crippen LogP contribution in [0, 0.1) is 5.82 Å². The first kappa shape index (κ1) is 19.9. The van der Waals surface area contributed by atoms with Crippen LogP contribution in [-0.2, 0) is 19.6 Å². The van der Waals surface area contributed by atoms with Crippen molar-refractivity contribution in [1.82, 2.24) is 0 Å². The minimum atomic E-state index is -3.87. The molecule has 0 saturated heterocycles. The molecule has 0 atom stereocenters. The minimum Gasteiger partial charge on any atom is -0.478 e. The molecule has 0 saturated carbocycles. The number of benzene rings is 2. The van der Waals surface area contributed by atoms with Gasteiger partial charge in [0.05, 0.1) is 16.0 Å². The first-order valence-electron chi connectivity index (χ1n) is 8.34. The van der Waals surface area contributed by atoms with Crippen molar-refractivity contribution in [3.8, 4) is 0 Å². The largest absolute Gasteiger partial charge is 0.478 e. The summed E-state index contributed by atoms with van der Waals surface area (Å²) in [6, 6.07) is 9.39. The number of hydrogen-bond donors (Lipinski definition) is 1. The zero-order chi connectivity index (χ0) is 20.9. The predicted molar refractivity (Wildman–Crippen MR) is 101 cm³/mol. The van der Waals surface area contributed by atoms with Crippen LogP contribution in [-0.4, -0.2) is 25.6 Å². The van der Waals surface area contributed by atoms with E-state index in [1.165, 1.54) is 43.3 Å². The summed E-state index contributed by atoms with van der Waals surface area (Å²) in [5.74, 6) is -1.26. The van der Waals surface area contributed by atoms with Crippen molar-refractivity contribution in [1.29, 1.82) is 0 Å². The summed E-state index contributed by atoms with van der Waals surface area (Å²) in [6.45, 7) is 4.42. The molecule has 0 fully saturated rings. The normalized spacial score (nSPS) is 16.2. The smallest absolute Gasteiger partial charge is 0.238 e. The molecule has 3 rings (SSSR count). The van der Waals surface area contributed by atoms with Gasteiger partial charge in [0.1, 0.15) is 11.6 Å². The van der Waals surface area contributed by atoms with E-state index >= 15 is 0 Å². The number of Topliss-reactive ketones (excluding diaryl/α,β-unsaturated/α-hetero) is 2. The fourth-order valence-corrected chi connectivity index (χ4v) is 3.48. The number of rotatable bonds is 4. The molecule has 2 aromatic rings. The van der Waals surface area contributed by atoms with Crippen LogP contribution in [0.3, 0.4) is 0 Å². The van der Waals surface area contributed by atoms with Crippen molar-refractivity contribution < 1.29 is 27.1 Å². The van der Waals surface area contributed by atoms with E-state index in [0.717, 1.165) is 6.07 Å². The molecule has 2 aromatic carbocycles. The minimum absolute atomic E-state index is 0.0809. The number of primary sulfonamides is 1. The summed E-state index contributed by atoms with van der Waals surface area (Å²) in [5.41, 5.74) is -0.321. The fourth-order valence-electron chi connectivity index (χ4n) is 2.97. The highest BCUT2D eigenvalue weighted by atomic mass is 32.2. The molecule has 0 radical (unpaired) electrons. The van der Waals surface area contributed by atoms with Crippen molar-refractivity contribution in [2.24, 2.45) is 5.14 Å². The molecule has 0 aliphatic carbocycles. The maximum atomic E-state index is 13.9. The summed E-state index contributed by atoms with van der Waals surface area (Å²) in [5, 5.41) is 5.11. The van der Waals surface area contributed by atoms with Crippen LogP contribution < -0.4 is 5.14 Å². The van der Waals surface area contributed by atoms with Crippen molar-refractivity contribution in [3.63, 3.8) is 0 Å². The standard InChI is InChI=1S/C20H18FNO5S/c1-11(23)15-10-13(6-9-16(15)21)17-18(27-20(2,3)19(17)24)12-4-7-14(8-5-12)28(22,25)26/h4-10H,1-3H3,(H2,22,25,26). The third-order valence-electron chi connectivity index (χ3n) is 4.44. The fraction of sp³-hybridized carbons (Fsp3) is 0.200. The van der Waals surface area contributed by atoms with Gasteiger partial charge in [-0.2, -0.15) is 0 Å². The van der Waals surface area contributed by atoms with Crippen LogP contribution in [0.5, 0.6) is 0 Å². The van der Waals surface area contributed by atoms with Gasteiger partial charge in [-0.05, 0) is 62.7 Å². The molecule has 8 heteroatoms. The van der Waals surface area contributed by atoms with Crippen LogP contribution in [0.1, 0.15) is 42.3 Å². The Balaban J connectivity index is 2.20. The monoisotopic (exact) mass is 403 g/mol. The molecule has 0 spiro atoms. The maximum Gasteiger partial charge on any atom is 0.238 e. The highest BCUT2D eigenvalue weighted by Crippen LogP contribution is 2.41. The van der Waals surface area contributed by atoms with E-state index in [1.54, 1.807) is 13.8 Å². The quantitative estimate of drug-likeness (QED) is 0.791. The van der Waals surface area contributed by atoms with Crippen molar-refractivity contribution in [3.05, 3.63) is 65.0 Å². The molecule has 0 unspecified atom stereocenters. The summed E-state index contributed by atoms with van der Waals surface area (Å²) in [7, 11) is -3.87. The molecule has 1 aliphatic heterocycles. The van der Waals surface area contributed by atoms with Crippen LogP contribution >= 0.6 is 0 Å². The average molecular weight is 403 g/mol. The number of carbonyl (C=O) groups is 2. The third-order valence-corrected chi connectivity index (χ3v) is 5.37. The Hall–Kier alpha value is -2.84. The number of nitrogens with two attached hydrogens (primary N) is 1. The van der Waals surface area contributed by atoms with E-state index in [0.29, 0.717) is 11.1 Å². The van der Waals surface area contributed by atoms with Gasteiger partial charge in [-0.1, -0.05) is 6.07 Å². The summed E-state index contributed by atoms with van der Waals surface area (Å²) in [4.78, 5) is 24.5. The second-order valence-corrected chi connectivity index (χ2v) is 8.53. The SMILES string of the molecule is CC(=O)c1cc(C2=C(c3ccc(S(N)(=O)=O)cc3)OC(C)(C)C2=O)ccc1F. The zero-order valence-electron chi connectivity index (χ0n) is 15.4. The number of sulfonamides is 1. The van der Waals surface area contributed by atoms with E-state index in [1.807, 2.05) is 0 Å². The lowest BCUT2D eigenvalue weighted by Crippen LogP contribution is -2.29. The van der Waals surface area contributed by atoms with E-state index in [2.05, 4.69) is 0 Å². The molecule has 2 N–H and O–H groups in total. The van der Waals surface area contributed by atoms with E-state index in [-0.39, 0.29) is 27.6 Å². The van der Waals surface area contributed by atoms with Gasteiger partial charge in [0.25, 0.3) is 0 Å². The Morgan fingerprint density at radius 1 is 1.07 bits per heavy atom. The Morgan fingerprint density at radius 2 is 1.64 bits per heavy atom. The molecular weight excluding hydrogens is 385 g/mol. The summed E-state index contributed by atoms with van der Waals surface area (Å²) >= 11 is 0. The molecule has 0 bridgehead atoms. The Bertz CT molecular complexity index is 1130. The zero-order valence-corrected chi connectivity index (χ0v) is 16.3. The Morgan fingerprint density at radius 3 is 2.18 bits per heavy atom. The number of halogens is 1. The first-order valence-corrected chi connectivity index (χ1v) is 9.88. The highest BCUT2D eigenvalue weighted by molar-refractivity contribution is 7.89. The van der Waals surface area contributed by atoms with Gasteiger partial charge in [-0.3, -0.25) is 9.59 Å². The third kappa shape index (κ3) is 3.48. The first-order chi connectivity index (χ1) is 12.9. The second-order valence-electron chi connectivity index (χ2n) is 6.97. The number of ketones is 2. The lowest BCUT2D eigenvalue weighted by Gasteiger charge is -2.17. The summed E-state index contributed by atoms with van der Waals surface area (Å²) in [6.07, 6.45) is 0. The van der Waals surface area contributed by atoms with Gasteiger partial charge in [0.15, 0.2) is 11.4 Å². The molecule has 1 heterocycles. The molecule has 0 aromatic heterocycles. The highest BCUT2D eigenvalue weighted by Gasteiger charge is 2.43. The Kier molecular flexibility index (Phi) is 4.73. The average Bonchev–Trinajstić information content (AvgIpc) is 2.84. The molecule has 0 amide bonds. The molecular formula is C20H18FNO5S. The van der Waals surface area contributed by atoms with Gasteiger partial charge in [0.2, 0.25) is 15.8 Å². The van der Waals surface area contributed by atoms with Gasteiger partial charge in [-0.15, -0.1) is 0 Å². The van der Waals surface area contributed by atoms with Gasteiger partial charge < -0.3 is 4.74 Å². The van der Waals surface area contributed by atoms with Gasteiger partial charge in [-0.25, -0.2) is 17.9 Å². The second kappa shape index (κ2) is 6.65. The van der Waals surface area contributed by atoms with Gasteiger partial charge in [0, 0.05) is 5.56 Å². The van der Waals surface area contributed by atoms with Crippen LogP contribution in [0.2, 0.25) is 0 Å². The topological polar surface area (TPSA) is 104 Å². The van der Waals surface area contributed by atoms with Crippen LogP contribution in [0.4, 0.5) is 4.39 Å². The van der Waals surface area contributed by atoms with E-state index in [9.17, 15) is 22.4 Å². The van der Waals surface area contributed by atoms with E-state index < -0.39 is 27.2 Å². The molecule has 146 valence electrons. The molecule has 6 nitrogen and oxygen atoms in total. The van der Waals surface area contributed by atoms with E-state index in [4.69, 9.17) is 9.88 Å². The van der Waals surface area contributed by atoms with Crippen LogP contribution in [0.15, 0.2) is 47.4 Å². The van der Waals surface area contributed by atoms with Crippen molar-refractivity contribution in [2.75, 3.05) is 0 Å². The van der Waals surface area contributed by atoms with Gasteiger partial charge >= 0.3 is 0 Å². The lowest BCUT2D eigenvalue weighted by molar-refractivity contribution is -0.125.